The van der Waals surface area contributed by atoms with Gasteiger partial charge in [0.25, 0.3) is 0 Å². The van der Waals surface area contributed by atoms with Gasteiger partial charge < -0.3 is 0 Å². The van der Waals surface area contributed by atoms with E-state index in [9.17, 15) is 0 Å². The zero-order chi connectivity index (χ0) is 12.8. The Morgan fingerprint density at radius 1 is 0.789 bits per heavy atom. The van der Waals surface area contributed by atoms with Crippen molar-refractivity contribution in [2.45, 2.75) is 26.7 Å². The maximum Gasteiger partial charge on any atom is 1.00 e. The summed E-state index contributed by atoms with van der Waals surface area (Å²) in [4.78, 5) is 0. The largest absolute Gasteiger partial charge is 1.00 e. The van der Waals surface area contributed by atoms with Gasteiger partial charge in [-0.3, -0.25) is 0 Å². The average molecular weight is 244 g/mol. The molecule has 0 radical (unpaired) electrons. The van der Waals surface area contributed by atoms with Gasteiger partial charge in [-0.05, 0) is 5.92 Å². The van der Waals surface area contributed by atoms with Crippen LogP contribution in [-0.2, 0) is 0 Å². The van der Waals surface area contributed by atoms with Crippen LogP contribution in [0.2, 0.25) is 0 Å². The van der Waals surface area contributed by atoms with Gasteiger partial charge in [0.2, 0.25) is 0 Å². The minimum absolute atomic E-state index is 0. The second-order valence-corrected chi connectivity index (χ2v) is 5.14. The van der Waals surface area contributed by atoms with E-state index < -0.39 is 0 Å². The molecule has 19 heavy (non-hydrogen) atoms. The third-order valence-corrected chi connectivity index (χ3v) is 3.22. The Morgan fingerprint density at radius 3 is 1.58 bits per heavy atom. The fourth-order valence-corrected chi connectivity index (χ4v) is 2.17. The number of hydrogen-bond acceptors (Lipinski definition) is 0. The van der Waals surface area contributed by atoms with Gasteiger partial charge in [0, 0.05) is 0 Å². The van der Waals surface area contributed by atoms with Crippen molar-refractivity contribution in [2.75, 3.05) is 0 Å². The molecular formula is C18H21Li. The molecule has 0 heterocycles. The number of rotatable bonds is 5. The van der Waals surface area contributed by atoms with Crippen molar-refractivity contribution < 1.29 is 18.9 Å². The van der Waals surface area contributed by atoms with Crippen LogP contribution >= 0.6 is 0 Å². The Bertz CT molecular complexity index is 408. The first-order valence-electron chi connectivity index (χ1n) is 6.74. The minimum Gasteiger partial charge on any atom is -0.120 e. The maximum atomic E-state index is 2.29. The Hall–Kier alpha value is -1.09. The average Bonchev–Trinajstić information content (AvgIpc) is 2.41. The van der Waals surface area contributed by atoms with Crippen molar-refractivity contribution in [3.63, 3.8) is 0 Å². The molecule has 0 amide bonds. The van der Waals surface area contributed by atoms with E-state index in [1.807, 2.05) is 0 Å². The van der Waals surface area contributed by atoms with Crippen molar-refractivity contribution in [1.29, 1.82) is 0 Å². The van der Waals surface area contributed by atoms with Gasteiger partial charge in [-0.15, -0.1) is 41.3 Å². The molecule has 0 saturated heterocycles. The van der Waals surface area contributed by atoms with Crippen LogP contribution < -0.4 is 18.9 Å². The van der Waals surface area contributed by atoms with Gasteiger partial charge in [-0.25, -0.2) is 0 Å². The summed E-state index contributed by atoms with van der Waals surface area (Å²) < 4.78 is 0. The van der Waals surface area contributed by atoms with Crippen LogP contribution in [0.15, 0.2) is 60.7 Å². The van der Waals surface area contributed by atoms with Gasteiger partial charge in [-0.1, -0.05) is 63.1 Å². The summed E-state index contributed by atoms with van der Waals surface area (Å²) in [5.74, 6) is 2.21. The van der Waals surface area contributed by atoms with Crippen LogP contribution in [0.1, 0.15) is 37.8 Å². The summed E-state index contributed by atoms with van der Waals surface area (Å²) in [5.41, 5.74) is 2.70. The fourth-order valence-electron chi connectivity index (χ4n) is 2.17. The predicted octanol–water partition coefficient (Wildman–Crippen LogP) is 2.10. The standard InChI is InChI=1S/C18H21.Li/c1-15(2)13-14-18(16-9-5-3-6-10-16)17-11-7-4-8-12-17;/h3-12,15H,13-14H2,1-2H3;/q-1;+1. The second-order valence-electron chi connectivity index (χ2n) is 5.14. The number of benzene rings is 2. The van der Waals surface area contributed by atoms with Crippen LogP contribution in [0.4, 0.5) is 0 Å². The molecule has 0 saturated carbocycles. The summed E-state index contributed by atoms with van der Waals surface area (Å²) in [6.07, 6.45) is 2.38. The zero-order valence-electron chi connectivity index (χ0n) is 12.3. The van der Waals surface area contributed by atoms with E-state index in [-0.39, 0.29) is 18.9 Å². The van der Waals surface area contributed by atoms with Crippen molar-refractivity contribution in [3.8, 4) is 0 Å². The van der Waals surface area contributed by atoms with E-state index in [0.717, 1.165) is 12.3 Å². The summed E-state index contributed by atoms with van der Waals surface area (Å²) in [6.45, 7) is 4.57. The normalized spacial score (nSPS) is 10.1. The molecule has 0 fully saturated rings. The van der Waals surface area contributed by atoms with E-state index in [2.05, 4.69) is 74.5 Å². The van der Waals surface area contributed by atoms with Gasteiger partial charge in [0.15, 0.2) is 0 Å². The van der Waals surface area contributed by atoms with Crippen LogP contribution in [0.3, 0.4) is 0 Å². The zero-order valence-corrected chi connectivity index (χ0v) is 12.3. The first kappa shape index (κ1) is 16.0. The topological polar surface area (TPSA) is 0 Å². The van der Waals surface area contributed by atoms with Gasteiger partial charge in [-0.2, -0.15) is 0 Å². The van der Waals surface area contributed by atoms with E-state index >= 15 is 0 Å². The summed E-state index contributed by atoms with van der Waals surface area (Å²) in [5, 5.41) is 0. The molecule has 0 atom stereocenters. The summed E-state index contributed by atoms with van der Waals surface area (Å²) in [7, 11) is 0. The predicted molar refractivity (Wildman–Crippen MR) is 78.4 cm³/mol. The summed E-state index contributed by atoms with van der Waals surface area (Å²) in [6, 6.07) is 21.5. The first-order chi connectivity index (χ1) is 8.77. The minimum atomic E-state index is 0. The van der Waals surface area contributed by atoms with E-state index in [4.69, 9.17) is 0 Å². The SMILES string of the molecule is CC(C)CC[C-](c1ccccc1)c1ccccc1.[Li+]. The van der Waals surface area contributed by atoms with Crippen molar-refractivity contribution >= 4 is 0 Å². The molecule has 2 aromatic rings. The molecule has 2 rings (SSSR count). The van der Waals surface area contributed by atoms with Crippen molar-refractivity contribution in [1.82, 2.24) is 0 Å². The molecule has 94 valence electrons. The van der Waals surface area contributed by atoms with E-state index in [0.29, 0.717) is 0 Å². The number of hydrogen-bond donors (Lipinski definition) is 0. The second kappa shape index (κ2) is 8.15. The molecule has 0 unspecified atom stereocenters. The van der Waals surface area contributed by atoms with Crippen LogP contribution in [-0.4, -0.2) is 0 Å². The molecule has 0 spiro atoms. The molecular weight excluding hydrogens is 223 g/mol. The Labute approximate surface area is 129 Å². The van der Waals surface area contributed by atoms with Crippen molar-refractivity contribution in [2.24, 2.45) is 5.92 Å². The fraction of sp³-hybridized carbons (Fsp3) is 0.278. The molecule has 0 nitrogen and oxygen atoms in total. The van der Waals surface area contributed by atoms with Crippen LogP contribution in [0.5, 0.6) is 0 Å². The Kier molecular flexibility index (Phi) is 6.85. The van der Waals surface area contributed by atoms with Crippen LogP contribution in [0, 0.1) is 11.8 Å². The third kappa shape index (κ3) is 4.82. The Balaban J connectivity index is 0.00000180. The molecule has 1 heteroatoms. The molecule has 0 bridgehead atoms. The van der Waals surface area contributed by atoms with E-state index in [1.54, 1.807) is 0 Å². The molecule has 0 aromatic heterocycles. The van der Waals surface area contributed by atoms with Crippen LogP contribution in [0.25, 0.3) is 0 Å². The third-order valence-electron chi connectivity index (χ3n) is 3.22. The van der Waals surface area contributed by atoms with Gasteiger partial charge in [0.05, 0.1) is 0 Å². The monoisotopic (exact) mass is 244 g/mol. The van der Waals surface area contributed by atoms with Gasteiger partial charge >= 0.3 is 18.9 Å². The molecule has 0 N–H and O–H groups in total. The molecule has 0 aliphatic heterocycles. The molecule has 0 aliphatic carbocycles. The maximum absolute atomic E-state index is 2.29. The Morgan fingerprint density at radius 2 is 1.21 bits per heavy atom. The quantitative estimate of drug-likeness (QED) is 0.558. The molecule has 0 aliphatic rings. The summed E-state index contributed by atoms with van der Waals surface area (Å²) >= 11 is 0. The van der Waals surface area contributed by atoms with Gasteiger partial charge in [0.1, 0.15) is 0 Å². The first-order valence-corrected chi connectivity index (χ1v) is 6.74. The molecule has 2 aromatic carbocycles. The van der Waals surface area contributed by atoms with Crippen molar-refractivity contribution in [3.05, 3.63) is 77.7 Å². The van der Waals surface area contributed by atoms with E-state index in [1.165, 1.54) is 23.5 Å². The smallest absolute Gasteiger partial charge is 0.120 e.